The lowest BCUT2D eigenvalue weighted by Gasteiger charge is -2.11. The molecule has 15 heavy (non-hydrogen) atoms. The van der Waals surface area contributed by atoms with Gasteiger partial charge in [0.05, 0.1) is 10.9 Å². The van der Waals surface area contributed by atoms with Crippen molar-refractivity contribution in [3.8, 4) is 6.07 Å². The average Bonchev–Trinajstić information content (AvgIpc) is 2.66. The first kappa shape index (κ1) is 10.5. The van der Waals surface area contributed by atoms with Crippen molar-refractivity contribution in [3.05, 3.63) is 35.1 Å². The second-order valence-electron chi connectivity index (χ2n) is 3.63. The number of benzene rings is 1. The Balaban J connectivity index is 2.26. The molecular formula is C11H11FN2S. The smallest absolute Gasteiger partial charge is 0.140 e. The van der Waals surface area contributed by atoms with Gasteiger partial charge in [-0.1, -0.05) is 6.07 Å². The molecule has 78 valence electrons. The Kier molecular flexibility index (Phi) is 2.94. The van der Waals surface area contributed by atoms with E-state index in [1.54, 1.807) is 23.9 Å². The van der Waals surface area contributed by atoms with E-state index in [2.05, 4.69) is 12.2 Å². The Labute approximate surface area is 92.5 Å². The van der Waals surface area contributed by atoms with E-state index in [1.165, 1.54) is 6.07 Å². The predicted molar refractivity (Wildman–Crippen MR) is 58.9 cm³/mol. The lowest BCUT2D eigenvalue weighted by atomic mass is 10.1. The molecule has 1 fully saturated rings. The summed E-state index contributed by atoms with van der Waals surface area (Å²) in [6.07, 6.45) is 0. The molecule has 1 saturated heterocycles. The summed E-state index contributed by atoms with van der Waals surface area (Å²) in [5.41, 5.74) is 1.09. The van der Waals surface area contributed by atoms with E-state index >= 15 is 0 Å². The molecule has 1 heterocycles. The fraction of sp³-hybridized carbons (Fsp3) is 0.364. The summed E-state index contributed by atoms with van der Waals surface area (Å²) in [5, 5.41) is 12.3. The van der Waals surface area contributed by atoms with Crippen molar-refractivity contribution in [2.75, 3.05) is 5.75 Å². The van der Waals surface area contributed by atoms with Crippen molar-refractivity contribution in [2.45, 2.75) is 18.3 Å². The Morgan fingerprint density at radius 1 is 1.60 bits per heavy atom. The Hall–Kier alpha value is -1.05. The van der Waals surface area contributed by atoms with E-state index in [0.29, 0.717) is 6.04 Å². The fourth-order valence-electron chi connectivity index (χ4n) is 1.58. The van der Waals surface area contributed by atoms with Crippen LogP contribution in [0.5, 0.6) is 0 Å². The standard InChI is InChI=1S/C11H11FN2S/c1-7-6-15-11(14-7)8-2-3-10(12)9(4-8)5-13/h2-4,7,11,14H,6H2,1H3. The van der Waals surface area contributed by atoms with Crippen LogP contribution in [0.1, 0.15) is 23.4 Å². The predicted octanol–water partition coefficient (Wildman–Crippen LogP) is 2.42. The molecule has 1 N–H and O–H groups in total. The Morgan fingerprint density at radius 2 is 2.40 bits per heavy atom. The van der Waals surface area contributed by atoms with Crippen molar-refractivity contribution in [3.63, 3.8) is 0 Å². The van der Waals surface area contributed by atoms with Gasteiger partial charge in [0.15, 0.2) is 0 Å². The third-order valence-electron chi connectivity index (χ3n) is 2.36. The second-order valence-corrected chi connectivity index (χ2v) is 4.77. The van der Waals surface area contributed by atoms with E-state index < -0.39 is 5.82 Å². The molecule has 0 saturated carbocycles. The van der Waals surface area contributed by atoms with Crippen LogP contribution in [0.3, 0.4) is 0 Å². The number of nitriles is 1. The molecule has 1 aromatic rings. The lowest BCUT2D eigenvalue weighted by Crippen LogP contribution is -2.21. The van der Waals surface area contributed by atoms with Crippen LogP contribution in [0.2, 0.25) is 0 Å². The van der Waals surface area contributed by atoms with Gasteiger partial charge in [-0.3, -0.25) is 5.32 Å². The van der Waals surface area contributed by atoms with Crippen molar-refractivity contribution >= 4 is 11.8 Å². The molecule has 0 spiro atoms. The minimum absolute atomic E-state index is 0.120. The molecule has 0 amide bonds. The summed E-state index contributed by atoms with van der Waals surface area (Å²) < 4.78 is 13.1. The highest BCUT2D eigenvalue weighted by atomic mass is 32.2. The van der Waals surface area contributed by atoms with Crippen LogP contribution in [0, 0.1) is 17.1 Å². The van der Waals surface area contributed by atoms with E-state index in [9.17, 15) is 4.39 Å². The van der Waals surface area contributed by atoms with E-state index in [1.807, 2.05) is 6.07 Å². The molecule has 4 heteroatoms. The van der Waals surface area contributed by atoms with Gasteiger partial charge in [0.2, 0.25) is 0 Å². The Morgan fingerprint density at radius 3 is 3.00 bits per heavy atom. The zero-order chi connectivity index (χ0) is 10.8. The maximum absolute atomic E-state index is 13.1. The molecule has 0 radical (unpaired) electrons. The van der Waals surface area contributed by atoms with E-state index in [4.69, 9.17) is 5.26 Å². The van der Waals surface area contributed by atoms with E-state index in [-0.39, 0.29) is 10.9 Å². The topological polar surface area (TPSA) is 35.8 Å². The van der Waals surface area contributed by atoms with Crippen LogP contribution < -0.4 is 5.32 Å². The zero-order valence-corrected chi connectivity index (χ0v) is 9.14. The van der Waals surface area contributed by atoms with Crippen molar-refractivity contribution in [2.24, 2.45) is 0 Å². The summed E-state index contributed by atoms with van der Waals surface area (Å²) in [7, 11) is 0. The third-order valence-corrected chi connectivity index (χ3v) is 3.80. The van der Waals surface area contributed by atoms with Crippen LogP contribution in [-0.2, 0) is 0 Å². The van der Waals surface area contributed by atoms with Gasteiger partial charge in [-0.05, 0) is 24.6 Å². The van der Waals surface area contributed by atoms with Crippen molar-refractivity contribution < 1.29 is 4.39 Å². The van der Waals surface area contributed by atoms with Crippen molar-refractivity contribution in [1.82, 2.24) is 5.32 Å². The van der Waals surface area contributed by atoms with Gasteiger partial charge in [-0.2, -0.15) is 5.26 Å². The molecule has 2 rings (SSSR count). The molecule has 1 aromatic carbocycles. The monoisotopic (exact) mass is 222 g/mol. The molecule has 0 bridgehead atoms. The highest BCUT2D eigenvalue weighted by molar-refractivity contribution is 7.99. The summed E-state index contributed by atoms with van der Waals surface area (Å²) in [5.74, 6) is 0.599. The Bertz CT molecular complexity index is 414. The molecule has 2 atom stereocenters. The number of nitrogens with zero attached hydrogens (tertiary/aromatic N) is 1. The summed E-state index contributed by atoms with van der Waals surface area (Å²) in [6.45, 7) is 2.11. The summed E-state index contributed by atoms with van der Waals surface area (Å²) in [6, 6.07) is 7.04. The number of hydrogen-bond donors (Lipinski definition) is 1. The second kappa shape index (κ2) is 4.21. The normalized spacial score (nSPS) is 25.1. The molecule has 0 aromatic heterocycles. The van der Waals surface area contributed by atoms with Gasteiger partial charge < -0.3 is 0 Å². The first-order valence-electron chi connectivity index (χ1n) is 4.78. The van der Waals surface area contributed by atoms with Crippen molar-refractivity contribution in [1.29, 1.82) is 5.26 Å². The van der Waals surface area contributed by atoms with Gasteiger partial charge in [-0.25, -0.2) is 4.39 Å². The number of nitrogens with one attached hydrogen (secondary N) is 1. The maximum Gasteiger partial charge on any atom is 0.140 e. The van der Waals surface area contributed by atoms with Gasteiger partial charge >= 0.3 is 0 Å². The van der Waals surface area contributed by atoms with E-state index in [0.717, 1.165) is 11.3 Å². The molecule has 0 aliphatic carbocycles. The van der Waals surface area contributed by atoms with Gasteiger partial charge in [-0.15, -0.1) is 11.8 Å². The summed E-state index contributed by atoms with van der Waals surface area (Å²) >= 11 is 1.79. The zero-order valence-electron chi connectivity index (χ0n) is 8.33. The number of hydrogen-bond acceptors (Lipinski definition) is 3. The van der Waals surface area contributed by atoms with Crippen LogP contribution >= 0.6 is 11.8 Å². The number of halogens is 1. The quantitative estimate of drug-likeness (QED) is 0.792. The third kappa shape index (κ3) is 2.14. The first-order valence-corrected chi connectivity index (χ1v) is 5.83. The molecule has 1 aliphatic heterocycles. The lowest BCUT2D eigenvalue weighted by molar-refractivity contribution is 0.609. The molecule has 2 nitrogen and oxygen atoms in total. The van der Waals surface area contributed by atoms with Crippen LogP contribution in [0.15, 0.2) is 18.2 Å². The fourth-order valence-corrected chi connectivity index (χ4v) is 2.82. The number of thioether (sulfide) groups is 1. The minimum atomic E-state index is -0.447. The van der Waals surface area contributed by atoms with Gasteiger partial charge in [0, 0.05) is 11.8 Å². The number of rotatable bonds is 1. The molecule has 2 unspecified atom stereocenters. The van der Waals surface area contributed by atoms with Gasteiger partial charge in [0.1, 0.15) is 11.9 Å². The molecule has 1 aliphatic rings. The highest BCUT2D eigenvalue weighted by Crippen LogP contribution is 2.33. The van der Waals surface area contributed by atoms with Crippen LogP contribution in [-0.4, -0.2) is 11.8 Å². The largest absolute Gasteiger partial charge is 0.298 e. The van der Waals surface area contributed by atoms with Crippen LogP contribution in [0.25, 0.3) is 0 Å². The minimum Gasteiger partial charge on any atom is -0.298 e. The molecular weight excluding hydrogens is 211 g/mol. The van der Waals surface area contributed by atoms with Crippen LogP contribution in [0.4, 0.5) is 4.39 Å². The summed E-state index contributed by atoms with van der Waals surface area (Å²) in [4.78, 5) is 0. The highest BCUT2D eigenvalue weighted by Gasteiger charge is 2.22. The SMILES string of the molecule is CC1CSC(c2ccc(F)c(C#N)c2)N1. The first-order chi connectivity index (χ1) is 7.20. The maximum atomic E-state index is 13.1. The van der Waals surface area contributed by atoms with Gasteiger partial charge in [0.25, 0.3) is 0 Å². The average molecular weight is 222 g/mol.